The molecule has 0 radical (unpaired) electrons. The van der Waals surface area contributed by atoms with Gasteiger partial charge in [0.2, 0.25) is 11.8 Å². The Hall–Kier alpha value is -2.12. The van der Waals surface area contributed by atoms with Gasteiger partial charge in [-0.3, -0.25) is 14.9 Å². The minimum absolute atomic E-state index is 0.0886. The molecule has 0 saturated carbocycles. The van der Waals surface area contributed by atoms with Crippen LogP contribution in [0.15, 0.2) is 0 Å². The van der Waals surface area contributed by atoms with Crippen molar-refractivity contribution in [3.63, 3.8) is 0 Å². The number of hydrogen-bond donors (Lipinski definition) is 4. The van der Waals surface area contributed by atoms with Crippen LogP contribution in [0.25, 0.3) is 0 Å². The van der Waals surface area contributed by atoms with Crippen LogP contribution in [0.3, 0.4) is 0 Å². The van der Waals surface area contributed by atoms with Crippen LogP contribution in [0.4, 0.5) is 4.79 Å². The van der Waals surface area contributed by atoms with Gasteiger partial charge in [-0.1, -0.05) is 13.8 Å². The van der Waals surface area contributed by atoms with Crippen molar-refractivity contribution in [2.45, 2.75) is 38.8 Å². The summed E-state index contributed by atoms with van der Waals surface area (Å²) in [7, 11) is 0. The van der Waals surface area contributed by atoms with Gasteiger partial charge in [-0.25, -0.2) is 9.59 Å². The molecule has 8 heteroatoms. The zero-order valence-electron chi connectivity index (χ0n) is 10.7. The zero-order chi connectivity index (χ0) is 14.6. The third-order valence-corrected chi connectivity index (χ3v) is 2.59. The lowest BCUT2D eigenvalue weighted by Gasteiger charge is -2.24. The lowest BCUT2D eigenvalue weighted by atomic mass is 10.0. The Balaban J connectivity index is 2.63. The van der Waals surface area contributed by atoms with Gasteiger partial charge in [0.05, 0.1) is 6.42 Å². The van der Waals surface area contributed by atoms with Crippen LogP contribution in [0.5, 0.6) is 0 Å². The quantitative estimate of drug-likeness (QED) is 0.521. The zero-order valence-corrected chi connectivity index (χ0v) is 10.7. The van der Waals surface area contributed by atoms with Gasteiger partial charge in [0, 0.05) is 0 Å². The van der Waals surface area contributed by atoms with Gasteiger partial charge in [0.15, 0.2) is 0 Å². The second-order valence-electron chi connectivity index (χ2n) is 4.81. The van der Waals surface area contributed by atoms with Gasteiger partial charge in [0.1, 0.15) is 12.1 Å². The molecule has 1 aliphatic rings. The van der Waals surface area contributed by atoms with E-state index < -0.39 is 35.9 Å². The van der Waals surface area contributed by atoms with Crippen LogP contribution in [-0.2, 0) is 14.4 Å². The molecule has 1 fully saturated rings. The third kappa shape index (κ3) is 4.57. The van der Waals surface area contributed by atoms with Crippen molar-refractivity contribution >= 4 is 23.8 Å². The Kier molecular flexibility index (Phi) is 4.85. The molecule has 1 rings (SSSR count). The Morgan fingerprint density at radius 2 is 2.05 bits per heavy atom. The fourth-order valence-electron chi connectivity index (χ4n) is 1.73. The van der Waals surface area contributed by atoms with Crippen molar-refractivity contribution < 1.29 is 24.3 Å². The summed E-state index contributed by atoms with van der Waals surface area (Å²) in [5, 5.41) is 15.6. The molecule has 2 atom stereocenters. The molecule has 4 N–H and O–H groups in total. The molecule has 8 nitrogen and oxygen atoms in total. The van der Waals surface area contributed by atoms with E-state index in [0.717, 1.165) is 0 Å². The predicted octanol–water partition coefficient (Wildman–Crippen LogP) is -0.800. The highest BCUT2D eigenvalue weighted by molar-refractivity contribution is 6.02. The Morgan fingerprint density at radius 1 is 1.42 bits per heavy atom. The summed E-state index contributed by atoms with van der Waals surface area (Å²) in [5.41, 5.74) is 0. The molecule has 1 heterocycles. The van der Waals surface area contributed by atoms with Crippen LogP contribution in [0.2, 0.25) is 0 Å². The molecular formula is C11H17N3O5. The lowest BCUT2D eigenvalue weighted by molar-refractivity contribution is -0.142. The highest BCUT2D eigenvalue weighted by Crippen LogP contribution is 2.06. The highest BCUT2D eigenvalue weighted by atomic mass is 16.4. The summed E-state index contributed by atoms with van der Waals surface area (Å²) in [5.74, 6) is -2.30. The minimum Gasteiger partial charge on any atom is -0.480 e. The fraction of sp³-hybridized carbons (Fsp3) is 0.636. The SMILES string of the molecule is CC(C)C[C@H](NC(=O)[C@@H]1CC(=O)NC(=O)N1)C(=O)O. The monoisotopic (exact) mass is 271 g/mol. The molecular weight excluding hydrogens is 254 g/mol. The number of amides is 4. The summed E-state index contributed by atoms with van der Waals surface area (Å²) >= 11 is 0. The maximum Gasteiger partial charge on any atom is 0.326 e. The maximum atomic E-state index is 11.8. The summed E-state index contributed by atoms with van der Waals surface area (Å²) < 4.78 is 0. The molecule has 1 aliphatic heterocycles. The van der Waals surface area contributed by atoms with E-state index in [-0.39, 0.29) is 18.8 Å². The smallest absolute Gasteiger partial charge is 0.326 e. The molecule has 106 valence electrons. The molecule has 0 aromatic carbocycles. The highest BCUT2D eigenvalue weighted by Gasteiger charge is 2.31. The molecule has 0 bridgehead atoms. The lowest BCUT2D eigenvalue weighted by Crippen LogP contribution is -2.59. The predicted molar refractivity (Wildman–Crippen MR) is 64.1 cm³/mol. The van der Waals surface area contributed by atoms with E-state index in [4.69, 9.17) is 5.11 Å². The maximum absolute atomic E-state index is 11.8. The second kappa shape index (κ2) is 6.17. The molecule has 0 spiro atoms. The third-order valence-electron chi connectivity index (χ3n) is 2.59. The van der Waals surface area contributed by atoms with Gasteiger partial charge in [-0.2, -0.15) is 0 Å². The Morgan fingerprint density at radius 3 is 2.53 bits per heavy atom. The topological polar surface area (TPSA) is 125 Å². The normalized spacial score (nSPS) is 20.5. The van der Waals surface area contributed by atoms with Crippen LogP contribution in [0.1, 0.15) is 26.7 Å². The number of carboxylic acids is 1. The van der Waals surface area contributed by atoms with Gasteiger partial charge in [-0.05, 0) is 12.3 Å². The molecule has 0 unspecified atom stereocenters. The van der Waals surface area contributed by atoms with Gasteiger partial charge in [0.25, 0.3) is 0 Å². The number of imide groups is 1. The molecule has 0 aromatic rings. The minimum atomic E-state index is -1.14. The number of nitrogens with one attached hydrogen (secondary N) is 3. The van der Waals surface area contributed by atoms with Crippen molar-refractivity contribution in [2.24, 2.45) is 5.92 Å². The summed E-state index contributed by atoms with van der Waals surface area (Å²) in [4.78, 5) is 45.0. The van der Waals surface area contributed by atoms with E-state index in [9.17, 15) is 19.2 Å². The van der Waals surface area contributed by atoms with Crippen LogP contribution in [-0.4, -0.2) is 41.0 Å². The molecule has 19 heavy (non-hydrogen) atoms. The first-order chi connectivity index (χ1) is 8.79. The first kappa shape index (κ1) is 14.9. The number of carbonyl (C=O) groups excluding carboxylic acids is 3. The number of carboxylic acid groups (broad SMARTS) is 1. The average Bonchev–Trinajstić information content (AvgIpc) is 2.25. The van der Waals surface area contributed by atoms with E-state index in [2.05, 4.69) is 10.6 Å². The second-order valence-corrected chi connectivity index (χ2v) is 4.81. The van der Waals surface area contributed by atoms with Crippen molar-refractivity contribution in [3.05, 3.63) is 0 Å². The average molecular weight is 271 g/mol. The first-order valence-corrected chi connectivity index (χ1v) is 5.93. The van der Waals surface area contributed by atoms with E-state index in [1.54, 1.807) is 0 Å². The molecule has 0 aliphatic carbocycles. The number of hydrogen-bond acceptors (Lipinski definition) is 4. The van der Waals surface area contributed by atoms with Gasteiger partial charge >= 0.3 is 12.0 Å². The number of aliphatic carboxylic acids is 1. The van der Waals surface area contributed by atoms with Crippen LogP contribution < -0.4 is 16.0 Å². The standard InChI is InChI=1S/C11H17N3O5/c1-5(2)3-7(10(17)18)12-9(16)6-4-8(15)14-11(19)13-6/h5-7H,3-4H2,1-2H3,(H,12,16)(H,17,18)(H2,13,14,15,19)/t6-,7-/m0/s1. The van der Waals surface area contributed by atoms with Crippen molar-refractivity contribution in [1.82, 2.24) is 16.0 Å². The Bertz CT molecular complexity index is 391. The van der Waals surface area contributed by atoms with E-state index in [1.165, 1.54) is 0 Å². The van der Waals surface area contributed by atoms with Crippen LogP contribution >= 0.6 is 0 Å². The molecule has 4 amide bonds. The Labute approximate surface area is 109 Å². The summed E-state index contributed by atoms with van der Waals surface area (Å²) in [6.07, 6.45) is 0.0690. The largest absolute Gasteiger partial charge is 0.480 e. The molecule has 1 saturated heterocycles. The first-order valence-electron chi connectivity index (χ1n) is 5.93. The van der Waals surface area contributed by atoms with Crippen LogP contribution in [0, 0.1) is 5.92 Å². The van der Waals surface area contributed by atoms with Gasteiger partial charge < -0.3 is 15.7 Å². The number of carbonyl (C=O) groups is 4. The number of rotatable bonds is 5. The van der Waals surface area contributed by atoms with E-state index in [0.29, 0.717) is 0 Å². The van der Waals surface area contributed by atoms with E-state index >= 15 is 0 Å². The van der Waals surface area contributed by atoms with Gasteiger partial charge in [-0.15, -0.1) is 0 Å². The summed E-state index contributed by atoms with van der Waals surface area (Å²) in [6, 6.07) is -2.82. The molecule has 0 aromatic heterocycles. The van der Waals surface area contributed by atoms with Crippen molar-refractivity contribution in [1.29, 1.82) is 0 Å². The summed E-state index contributed by atoms with van der Waals surface area (Å²) in [6.45, 7) is 3.66. The van der Waals surface area contributed by atoms with Crippen molar-refractivity contribution in [3.8, 4) is 0 Å². The number of urea groups is 1. The van der Waals surface area contributed by atoms with E-state index in [1.807, 2.05) is 19.2 Å². The fourth-order valence-corrected chi connectivity index (χ4v) is 1.73. The van der Waals surface area contributed by atoms with Crippen molar-refractivity contribution in [2.75, 3.05) is 0 Å².